The van der Waals surface area contributed by atoms with E-state index in [2.05, 4.69) is 15.3 Å². The quantitative estimate of drug-likeness (QED) is 0.711. The first-order valence-electron chi connectivity index (χ1n) is 8.15. The lowest BCUT2D eigenvalue weighted by Crippen LogP contribution is -2.55. The summed E-state index contributed by atoms with van der Waals surface area (Å²) in [6, 6.07) is 7.32. The van der Waals surface area contributed by atoms with E-state index in [1.807, 2.05) is 0 Å². The van der Waals surface area contributed by atoms with Gasteiger partial charge in [0.25, 0.3) is 0 Å². The molecule has 0 spiro atoms. The van der Waals surface area contributed by atoms with Gasteiger partial charge in [0.15, 0.2) is 17.0 Å². The first-order chi connectivity index (χ1) is 12.6. The molecule has 1 N–H and O–H groups in total. The topological polar surface area (TPSA) is 88.3 Å². The summed E-state index contributed by atoms with van der Waals surface area (Å²) in [5.41, 5.74) is 0.0836. The summed E-state index contributed by atoms with van der Waals surface area (Å²) in [6.07, 6.45) is 2.12. The third-order valence-electron chi connectivity index (χ3n) is 4.29. The second kappa shape index (κ2) is 6.64. The van der Waals surface area contributed by atoms with Crippen LogP contribution in [0, 0.1) is 5.82 Å². The van der Waals surface area contributed by atoms with Gasteiger partial charge >= 0.3 is 0 Å². The van der Waals surface area contributed by atoms with E-state index in [4.69, 9.17) is 4.42 Å². The highest BCUT2D eigenvalue weighted by Gasteiger charge is 2.32. The van der Waals surface area contributed by atoms with E-state index in [0.29, 0.717) is 30.6 Å². The number of hydrogen-bond donors (Lipinski definition) is 1. The van der Waals surface area contributed by atoms with Crippen LogP contribution in [0.25, 0.3) is 11.0 Å². The number of anilines is 1. The summed E-state index contributed by atoms with van der Waals surface area (Å²) in [5.74, 6) is -0.663. The van der Waals surface area contributed by atoms with Crippen molar-refractivity contribution in [1.29, 1.82) is 0 Å². The Hall–Kier alpha value is -3.13. The molecule has 4 rings (SSSR count). The molecule has 26 heavy (non-hydrogen) atoms. The Labute approximate surface area is 147 Å². The Morgan fingerprint density at radius 2 is 2.04 bits per heavy atom. The molecular formula is C18H15FN4O3. The van der Waals surface area contributed by atoms with Crippen molar-refractivity contribution in [2.24, 2.45) is 0 Å². The zero-order valence-electron chi connectivity index (χ0n) is 13.7. The van der Waals surface area contributed by atoms with Gasteiger partial charge in [0, 0.05) is 25.7 Å². The lowest BCUT2D eigenvalue weighted by atomic mass is 10.1. The SMILES string of the molecule is O=C(c1cc(=O)c2ccccc2o1)C1CNCCN1c1ncc(F)cn1. The Kier molecular flexibility index (Phi) is 4.18. The number of aromatic nitrogens is 2. The maximum atomic E-state index is 13.1. The summed E-state index contributed by atoms with van der Waals surface area (Å²) in [6.45, 7) is 1.45. The summed E-state index contributed by atoms with van der Waals surface area (Å²) in [4.78, 5) is 34.9. The van der Waals surface area contributed by atoms with Gasteiger partial charge in [-0.25, -0.2) is 14.4 Å². The number of rotatable bonds is 3. The van der Waals surface area contributed by atoms with Crippen LogP contribution in [-0.2, 0) is 0 Å². The van der Waals surface area contributed by atoms with Crippen LogP contribution in [0.5, 0.6) is 0 Å². The maximum Gasteiger partial charge on any atom is 0.226 e. The Bertz CT molecular complexity index is 1020. The standard InChI is InChI=1S/C18H15FN4O3/c19-11-8-21-18(22-9-11)23-6-5-20-10-13(23)17(25)16-7-14(24)12-3-1-2-4-15(12)26-16/h1-4,7-9,13,20H,5-6,10H2. The fourth-order valence-electron chi connectivity index (χ4n) is 3.02. The number of ketones is 1. The molecule has 0 amide bonds. The van der Waals surface area contributed by atoms with Crippen LogP contribution in [0.4, 0.5) is 10.3 Å². The minimum Gasteiger partial charge on any atom is -0.453 e. The number of piperazine rings is 1. The average molecular weight is 354 g/mol. The van der Waals surface area contributed by atoms with Crippen LogP contribution >= 0.6 is 0 Å². The molecule has 0 aliphatic carbocycles. The number of carbonyl (C=O) groups excluding carboxylic acids is 1. The molecule has 1 aliphatic rings. The van der Waals surface area contributed by atoms with Gasteiger partial charge in [-0.05, 0) is 12.1 Å². The number of nitrogens with one attached hydrogen (secondary N) is 1. The molecular weight excluding hydrogens is 339 g/mol. The predicted molar refractivity (Wildman–Crippen MR) is 92.8 cm³/mol. The molecule has 1 aromatic carbocycles. The third kappa shape index (κ3) is 2.95. The molecule has 2 aromatic heterocycles. The number of para-hydroxylation sites is 1. The van der Waals surface area contributed by atoms with E-state index >= 15 is 0 Å². The molecule has 3 heterocycles. The van der Waals surface area contributed by atoms with Gasteiger partial charge in [0.2, 0.25) is 11.7 Å². The van der Waals surface area contributed by atoms with E-state index < -0.39 is 11.9 Å². The number of carbonyl (C=O) groups is 1. The van der Waals surface area contributed by atoms with Gasteiger partial charge in [0.1, 0.15) is 11.6 Å². The molecule has 8 heteroatoms. The third-order valence-corrected chi connectivity index (χ3v) is 4.29. The molecule has 1 atom stereocenters. The van der Waals surface area contributed by atoms with Gasteiger partial charge < -0.3 is 14.6 Å². The van der Waals surface area contributed by atoms with Crippen LogP contribution in [0.2, 0.25) is 0 Å². The minimum atomic E-state index is -0.654. The molecule has 0 bridgehead atoms. The Balaban J connectivity index is 1.71. The second-order valence-corrected chi connectivity index (χ2v) is 5.95. The summed E-state index contributed by atoms with van der Waals surface area (Å²) < 4.78 is 18.8. The molecule has 7 nitrogen and oxygen atoms in total. The van der Waals surface area contributed by atoms with Crippen LogP contribution < -0.4 is 15.6 Å². The van der Waals surface area contributed by atoms with Gasteiger partial charge in [-0.1, -0.05) is 12.1 Å². The fraction of sp³-hybridized carbons (Fsp3) is 0.222. The number of fused-ring (bicyclic) bond motifs is 1. The van der Waals surface area contributed by atoms with E-state index in [1.165, 1.54) is 6.07 Å². The van der Waals surface area contributed by atoms with E-state index in [1.54, 1.807) is 29.2 Å². The monoisotopic (exact) mass is 354 g/mol. The van der Waals surface area contributed by atoms with E-state index in [9.17, 15) is 14.0 Å². The number of nitrogens with zero attached hydrogens (tertiary/aromatic N) is 3. The zero-order chi connectivity index (χ0) is 18.1. The van der Waals surface area contributed by atoms with Crippen LogP contribution in [0.1, 0.15) is 10.6 Å². The highest BCUT2D eigenvalue weighted by molar-refractivity contribution is 6.00. The molecule has 132 valence electrons. The maximum absolute atomic E-state index is 13.1. The fourth-order valence-corrected chi connectivity index (χ4v) is 3.02. The number of Topliss-reactive ketones (excluding diaryl/α,β-unsaturated/α-hetero) is 1. The highest BCUT2D eigenvalue weighted by atomic mass is 19.1. The van der Waals surface area contributed by atoms with Gasteiger partial charge in [0.05, 0.1) is 17.8 Å². The van der Waals surface area contributed by atoms with Crippen LogP contribution in [0.3, 0.4) is 0 Å². The molecule has 1 fully saturated rings. The Morgan fingerprint density at radius 3 is 2.85 bits per heavy atom. The molecule has 0 saturated carbocycles. The van der Waals surface area contributed by atoms with Gasteiger partial charge in [-0.3, -0.25) is 9.59 Å². The van der Waals surface area contributed by atoms with Gasteiger partial charge in [-0.2, -0.15) is 0 Å². The number of hydrogen-bond acceptors (Lipinski definition) is 7. The lowest BCUT2D eigenvalue weighted by Gasteiger charge is -2.34. The second-order valence-electron chi connectivity index (χ2n) is 5.95. The average Bonchev–Trinajstić information content (AvgIpc) is 2.68. The summed E-state index contributed by atoms with van der Waals surface area (Å²) in [5, 5.41) is 3.56. The molecule has 1 aliphatic heterocycles. The van der Waals surface area contributed by atoms with Crippen molar-refractivity contribution in [2.75, 3.05) is 24.5 Å². The summed E-state index contributed by atoms with van der Waals surface area (Å²) >= 11 is 0. The zero-order valence-corrected chi connectivity index (χ0v) is 13.7. The van der Waals surface area contributed by atoms with E-state index in [0.717, 1.165) is 12.4 Å². The lowest BCUT2D eigenvalue weighted by molar-refractivity contribution is 0.0923. The molecule has 3 aromatic rings. The van der Waals surface area contributed by atoms with E-state index in [-0.39, 0.29) is 22.9 Å². The minimum absolute atomic E-state index is 0.0190. The largest absolute Gasteiger partial charge is 0.453 e. The molecule has 1 saturated heterocycles. The highest BCUT2D eigenvalue weighted by Crippen LogP contribution is 2.19. The number of halogens is 1. The Morgan fingerprint density at radius 1 is 1.27 bits per heavy atom. The van der Waals surface area contributed by atoms with Crippen molar-refractivity contribution < 1.29 is 13.6 Å². The van der Waals surface area contributed by atoms with Gasteiger partial charge in [-0.15, -0.1) is 0 Å². The first-order valence-corrected chi connectivity index (χ1v) is 8.15. The van der Waals surface area contributed by atoms with Crippen LogP contribution in [-0.4, -0.2) is 41.4 Å². The van der Waals surface area contributed by atoms with Crippen molar-refractivity contribution in [3.63, 3.8) is 0 Å². The first kappa shape index (κ1) is 16.3. The number of benzene rings is 1. The van der Waals surface area contributed by atoms with Crippen molar-refractivity contribution in [3.05, 3.63) is 64.5 Å². The normalized spacial score (nSPS) is 17.4. The van der Waals surface area contributed by atoms with Crippen molar-refractivity contribution in [2.45, 2.75) is 6.04 Å². The van der Waals surface area contributed by atoms with Crippen LogP contribution in [0.15, 0.2) is 51.9 Å². The van der Waals surface area contributed by atoms with Crippen molar-refractivity contribution in [3.8, 4) is 0 Å². The summed E-state index contributed by atoms with van der Waals surface area (Å²) in [7, 11) is 0. The van der Waals surface area contributed by atoms with Crippen molar-refractivity contribution in [1.82, 2.24) is 15.3 Å². The predicted octanol–water partition coefficient (Wildman–Crippen LogP) is 1.38. The smallest absolute Gasteiger partial charge is 0.226 e. The van der Waals surface area contributed by atoms with Crippen molar-refractivity contribution >= 4 is 22.7 Å². The molecule has 1 unspecified atom stereocenters. The molecule has 0 radical (unpaired) electrons.